The summed E-state index contributed by atoms with van der Waals surface area (Å²) in [6, 6.07) is 8.07. The van der Waals surface area contributed by atoms with E-state index in [9.17, 15) is 9.18 Å². The molecule has 0 N–H and O–H groups in total. The van der Waals surface area contributed by atoms with Crippen LogP contribution in [0.3, 0.4) is 0 Å². The molecule has 1 aliphatic rings. The number of carbonyl (C=O) groups is 1. The van der Waals surface area contributed by atoms with Crippen LogP contribution in [-0.2, 0) is 11.3 Å². The number of ether oxygens (including phenoxy) is 1. The minimum absolute atomic E-state index is 0.0881. The lowest BCUT2D eigenvalue weighted by atomic mass is 10.0. The number of fused-ring (bicyclic) bond motifs is 1. The number of aromatic nitrogens is 5. The second-order valence-corrected chi connectivity index (χ2v) is 8.32. The van der Waals surface area contributed by atoms with Crippen LogP contribution in [0.5, 0.6) is 5.75 Å². The van der Waals surface area contributed by atoms with Gasteiger partial charge >= 0.3 is 0 Å². The fraction of sp³-hybridized carbons (Fsp3) is 0.333. The maximum absolute atomic E-state index is 13.8. The molecule has 1 fully saturated rings. The van der Waals surface area contributed by atoms with Crippen molar-refractivity contribution in [1.82, 2.24) is 29.0 Å². The van der Waals surface area contributed by atoms with Crippen molar-refractivity contribution in [3.8, 4) is 5.75 Å². The van der Waals surface area contributed by atoms with Crippen molar-refractivity contribution >= 4 is 11.6 Å². The van der Waals surface area contributed by atoms with Crippen LogP contribution < -0.4 is 4.74 Å². The Balaban J connectivity index is 1.32. The van der Waals surface area contributed by atoms with Gasteiger partial charge in [0.25, 0.3) is 5.91 Å². The van der Waals surface area contributed by atoms with Crippen molar-refractivity contribution in [3.63, 3.8) is 0 Å². The average Bonchev–Trinajstić information content (AvgIpc) is 3.53. The molecule has 33 heavy (non-hydrogen) atoms. The topological polar surface area (TPSA) is 77.5 Å². The molecule has 4 heterocycles. The summed E-state index contributed by atoms with van der Waals surface area (Å²) in [6.45, 7) is 5.61. The van der Waals surface area contributed by atoms with E-state index in [1.54, 1.807) is 23.2 Å². The van der Waals surface area contributed by atoms with Crippen molar-refractivity contribution in [2.24, 2.45) is 0 Å². The summed E-state index contributed by atoms with van der Waals surface area (Å²) >= 11 is 0. The molecule has 1 atom stereocenters. The average molecular weight is 449 g/mol. The largest absolute Gasteiger partial charge is 0.481 e. The van der Waals surface area contributed by atoms with Crippen LogP contribution >= 0.6 is 0 Å². The van der Waals surface area contributed by atoms with E-state index in [1.165, 1.54) is 12.1 Å². The zero-order valence-corrected chi connectivity index (χ0v) is 18.6. The van der Waals surface area contributed by atoms with Crippen LogP contribution in [0.15, 0.2) is 48.9 Å². The highest BCUT2D eigenvalue weighted by Gasteiger charge is 2.30. The summed E-state index contributed by atoms with van der Waals surface area (Å²) < 4.78 is 23.1. The Bertz CT molecular complexity index is 1310. The first-order valence-corrected chi connectivity index (χ1v) is 11.0. The maximum Gasteiger partial charge on any atom is 0.260 e. The molecule has 4 aromatic rings. The number of rotatable bonds is 6. The molecule has 1 saturated heterocycles. The monoisotopic (exact) mass is 448 g/mol. The fourth-order valence-electron chi connectivity index (χ4n) is 4.37. The second-order valence-electron chi connectivity index (χ2n) is 8.32. The molecular weight excluding hydrogens is 423 g/mol. The van der Waals surface area contributed by atoms with E-state index in [-0.39, 0.29) is 24.2 Å². The molecule has 0 spiro atoms. The first kappa shape index (κ1) is 21.1. The van der Waals surface area contributed by atoms with Crippen LogP contribution in [0.2, 0.25) is 0 Å². The molecule has 170 valence electrons. The Labute approximate surface area is 190 Å². The number of nitrogens with zero attached hydrogens (tertiary/aromatic N) is 6. The molecule has 3 aromatic heterocycles. The Morgan fingerprint density at radius 3 is 2.82 bits per heavy atom. The molecule has 0 radical (unpaired) electrons. The van der Waals surface area contributed by atoms with Gasteiger partial charge in [0, 0.05) is 43.2 Å². The van der Waals surface area contributed by atoms with Gasteiger partial charge in [0.2, 0.25) is 0 Å². The molecular formula is C24H25FN6O2. The number of carbonyl (C=O) groups excluding carboxylic acids is 1. The molecule has 0 saturated carbocycles. The highest BCUT2D eigenvalue weighted by molar-refractivity contribution is 5.78. The van der Waals surface area contributed by atoms with Gasteiger partial charge in [-0.2, -0.15) is 5.10 Å². The number of imidazole rings is 1. The number of para-hydroxylation sites is 1. The van der Waals surface area contributed by atoms with Gasteiger partial charge in [-0.05, 0) is 38.5 Å². The van der Waals surface area contributed by atoms with E-state index in [1.807, 2.05) is 36.8 Å². The Morgan fingerprint density at radius 2 is 2.03 bits per heavy atom. The van der Waals surface area contributed by atoms with Crippen LogP contribution in [0, 0.1) is 19.7 Å². The third-order valence-corrected chi connectivity index (χ3v) is 6.24. The minimum Gasteiger partial charge on any atom is -0.481 e. The standard InChI is InChI=1S/C24H25FN6O2/c1-16-19(14-29-12-10-26-17(29)2)24-27-9-7-21(31(24)28-16)18-8-11-30(13-18)23(32)15-33-22-6-4-3-5-20(22)25/h3-7,9-10,12,18H,8,11,13-15H2,1-2H3. The summed E-state index contributed by atoms with van der Waals surface area (Å²) in [7, 11) is 0. The molecule has 1 amide bonds. The molecule has 1 unspecified atom stereocenters. The number of likely N-dealkylation sites (tertiary alicyclic amines) is 1. The lowest BCUT2D eigenvalue weighted by molar-refractivity contribution is -0.132. The number of halogens is 1. The smallest absolute Gasteiger partial charge is 0.260 e. The lowest BCUT2D eigenvalue weighted by Crippen LogP contribution is -2.33. The summed E-state index contributed by atoms with van der Waals surface area (Å²) in [5.41, 5.74) is 3.84. The van der Waals surface area contributed by atoms with Crippen molar-refractivity contribution in [2.45, 2.75) is 32.7 Å². The number of hydrogen-bond acceptors (Lipinski definition) is 5. The van der Waals surface area contributed by atoms with Crippen LogP contribution in [0.25, 0.3) is 5.65 Å². The van der Waals surface area contributed by atoms with Gasteiger partial charge in [-0.3, -0.25) is 4.79 Å². The van der Waals surface area contributed by atoms with E-state index < -0.39 is 5.82 Å². The summed E-state index contributed by atoms with van der Waals surface area (Å²) in [5.74, 6) is 0.533. The molecule has 1 aliphatic heterocycles. The van der Waals surface area contributed by atoms with Gasteiger partial charge < -0.3 is 14.2 Å². The third-order valence-electron chi connectivity index (χ3n) is 6.24. The Hall–Kier alpha value is -3.75. The molecule has 0 aliphatic carbocycles. The third kappa shape index (κ3) is 4.06. The van der Waals surface area contributed by atoms with Gasteiger partial charge in [-0.1, -0.05) is 12.1 Å². The van der Waals surface area contributed by atoms with E-state index in [4.69, 9.17) is 9.84 Å². The van der Waals surface area contributed by atoms with Gasteiger partial charge in [-0.15, -0.1) is 0 Å². The van der Waals surface area contributed by atoms with E-state index >= 15 is 0 Å². The van der Waals surface area contributed by atoms with Gasteiger partial charge in [-0.25, -0.2) is 18.9 Å². The van der Waals surface area contributed by atoms with Gasteiger partial charge in [0.05, 0.1) is 17.9 Å². The first-order valence-electron chi connectivity index (χ1n) is 11.0. The van der Waals surface area contributed by atoms with Crippen molar-refractivity contribution in [2.75, 3.05) is 19.7 Å². The maximum atomic E-state index is 13.8. The van der Waals surface area contributed by atoms with Crippen LogP contribution in [0.4, 0.5) is 4.39 Å². The quantitative estimate of drug-likeness (QED) is 0.453. The van der Waals surface area contributed by atoms with Crippen LogP contribution in [0.1, 0.15) is 35.1 Å². The van der Waals surface area contributed by atoms with E-state index in [2.05, 4.69) is 14.5 Å². The van der Waals surface area contributed by atoms with E-state index in [0.29, 0.717) is 19.6 Å². The highest BCUT2D eigenvalue weighted by Crippen LogP contribution is 2.29. The molecule has 1 aromatic carbocycles. The Morgan fingerprint density at radius 1 is 1.18 bits per heavy atom. The minimum atomic E-state index is -0.473. The predicted octanol–water partition coefficient (Wildman–Crippen LogP) is 3.12. The zero-order chi connectivity index (χ0) is 22.9. The molecule has 5 rings (SSSR count). The summed E-state index contributed by atoms with van der Waals surface area (Å²) in [6.07, 6.45) is 6.36. The number of benzene rings is 1. The summed E-state index contributed by atoms with van der Waals surface area (Å²) in [4.78, 5) is 23.3. The van der Waals surface area contributed by atoms with E-state index in [0.717, 1.165) is 34.8 Å². The molecule has 9 heteroatoms. The van der Waals surface area contributed by atoms with Crippen molar-refractivity contribution in [1.29, 1.82) is 0 Å². The normalized spacial score (nSPS) is 16.0. The number of aryl methyl sites for hydroxylation is 2. The van der Waals surface area contributed by atoms with Crippen molar-refractivity contribution < 1.29 is 13.9 Å². The molecule has 8 nitrogen and oxygen atoms in total. The second kappa shape index (κ2) is 8.65. The predicted molar refractivity (Wildman–Crippen MR) is 120 cm³/mol. The fourth-order valence-corrected chi connectivity index (χ4v) is 4.37. The number of amides is 1. The highest BCUT2D eigenvalue weighted by atomic mass is 19.1. The lowest BCUT2D eigenvalue weighted by Gasteiger charge is -2.17. The SMILES string of the molecule is Cc1nn2c(C3CCN(C(=O)COc4ccccc4F)C3)ccnc2c1Cn1ccnc1C. The van der Waals surface area contributed by atoms with Crippen LogP contribution in [-0.4, -0.2) is 54.7 Å². The van der Waals surface area contributed by atoms with Gasteiger partial charge in [0.1, 0.15) is 5.82 Å². The summed E-state index contributed by atoms with van der Waals surface area (Å²) in [5, 5.41) is 4.77. The number of hydrogen-bond donors (Lipinski definition) is 0. The van der Waals surface area contributed by atoms with Gasteiger partial charge in [0.15, 0.2) is 23.8 Å². The molecule has 0 bridgehead atoms. The first-order chi connectivity index (χ1) is 16.0. The van der Waals surface area contributed by atoms with Crippen molar-refractivity contribution in [3.05, 3.63) is 77.5 Å². The zero-order valence-electron chi connectivity index (χ0n) is 18.6. The Kier molecular flexibility index (Phi) is 5.53.